The topological polar surface area (TPSA) is 167 Å². The Bertz CT molecular complexity index is 1320. The predicted octanol–water partition coefficient (Wildman–Crippen LogP) is 2.07. The highest BCUT2D eigenvalue weighted by atomic mass is 35.5. The van der Waals surface area contributed by atoms with Gasteiger partial charge in [0.15, 0.2) is 5.69 Å². The number of aromatic hydroxyl groups is 1. The molecule has 2 aromatic heterocycles. The third-order valence-corrected chi connectivity index (χ3v) is 4.46. The van der Waals surface area contributed by atoms with Gasteiger partial charge in [-0.15, -0.1) is 5.10 Å². The molecule has 0 aliphatic rings. The van der Waals surface area contributed by atoms with Gasteiger partial charge in [-0.05, 0) is 52.8 Å². The quantitative estimate of drug-likeness (QED) is 0.269. The highest BCUT2D eigenvalue weighted by molar-refractivity contribution is 6.30. The minimum Gasteiger partial charge on any atom is -0.507 e. The van der Waals surface area contributed by atoms with E-state index in [9.17, 15) is 14.3 Å². The van der Waals surface area contributed by atoms with Gasteiger partial charge >= 0.3 is 0 Å². The number of anilines is 1. The van der Waals surface area contributed by atoms with E-state index in [1.807, 2.05) is 0 Å². The Hall–Kier alpha value is -4.52. The van der Waals surface area contributed by atoms with E-state index in [4.69, 9.17) is 22.1 Å². The Morgan fingerprint density at radius 3 is 2.82 bits per heavy atom. The van der Waals surface area contributed by atoms with Crippen LogP contribution in [0.5, 0.6) is 11.5 Å². The lowest BCUT2D eigenvalue weighted by molar-refractivity contribution is 0.0947. The van der Waals surface area contributed by atoms with Crippen molar-refractivity contribution in [3.63, 3.8) is 0 Å². The van der Waals surface area contributed by atoms with Crippen LogP contribution in [0.4, 0.5) is 10.2 Å². The van der Waals surface area contributed by atoms with Gasteiger partial charge in [0, 0.05) is 10.6 Å². The number of benzene rings is 2. The normalized spacial score (nSPS) is 11.1. The van der Waals surface area contributed by atoms with Gasteiger partial charge in [-0.25, -0.2) is 14.4 Å². The Morgan fingerprint density at radius 1 is 1.30 bits per heavy atom. The molecule has 0 unspecified atom stereocenters. The maximum absolute atomic E-state index is 13.1. The number of carbonyl (C=O) groups is 1. The highest BCUT2D eigenvalue weighted by Gasteiger charge is 2.24. The fraction of sp³-hybridized carbons (Fsp3) is 0.0526. The van der Waals surface area contributed by atoms with Gasteiger partial charge in [-0.3, -0.25) is 4.79 Å². The van der Waals surface area contributed by atoms with Crippen LogP contribution < -0.4 is 15.9 Å². The van der Waals surface area contributed by atoms with Crippen LogP contribution in [0.2, 0.25) is 5.02 Å². The zero-order chi connectivity index (χ0) is 23.4. The molecule has 0 spiro atoms. The number of amides is 1. The van der Waals surface area contributed by atoms with E-state index < -0.39 is 11.7 Å². The maximum Gasteiger partial charge on any atom is 0.293 e. The lowest BCUT2D eigenvalue weighted by Crippen LogP contribution is -2.21. The molecule has 0 fully saturated rings. The van der Waals surface area contributed by atoms with E-state index in [1.54, 1.807) is 0 Å². The van der Waals surface area contributed by atoms with Crippen LogP contribution in [0.1, 0.15) is 21.7 Å². The molecule has 4 aromatic rings. The summed E-state index contributed by atoms with van der Waals surface area (Å²) in [5, 5.41) is 28.9. The SMILES string of the molecule is Nc1nonc1-n1nnc(C(=O)N/N=C\c2cc(Cl)ccc2O)c1COc1ccc(F)cc1. The van der Waals surface area contributed by atoms with Crippen LogP contribution in [0, 0.1) is 5.82 Å². The first-order valence-electron chi connectivity index (χ1n) is 9.15. The molecule has 33 heavy (non-hydrogen) atoms. The number of halogens is 2. The molecular weight excluding hydrogens is 459 g/mol. The molecule has 1 amide bonds. The average molecular weight is 473 g/mol. The first kappa shape index (κ1) is 21.7. The van der Waals surface area contributed by atoms with Gasteiger partial charge < -0.3 is 15.6 Å². The smallest absolute Gasteiger partial charge is 0.293 e. The molecule has 0 radical (unpaired) electrons. The van der Waals surface area contributed by atoms with Crippen LogP contribution in [0.15, 0.2) is 52.2 Å². The average Bonchev–Trinajstić information content (AvgIpc) is 3.41. The van der Waals surface area contributed by atoms with Crippen molar-refractivity contribution in [1.29, 1.82) is 0 Å². The molecule has 0 bridgehead atoms. The first-order chi connectivity index (χ1) is 15.9. The van der Waals surface area contributed by atoms with Crippen molar-refractivity contribution in [2.75, 3.05) is 5.73 Å². The molecule has 0 aliphatic carbocycles. The Balaban J connectivity index is 1.58. The minimum absolute atomic E-state index is 0.00777. The van der Waals surface area contributed by atoms with Crippen molar-refractivity contribution < 1.29 is 23.7 Å². The largest absolute Gasteiger partial charge is 0.507 e. The molecule has 4 rings (SSSR count). The minimum atomic E-state index is -0.744. The second-order valence-corrected chi connectivity index (χ2v) is 6.85. The van der Waals surface area contributed by atoms with Crippen molar-refractivity contribution >= 4 is 29.5 Å². The van der Waals surface area contributed by atoms with Crippen LogP contribution >= 0.6 is 11.6 Å². The number of rotatable bonds is 7. The van der Waals surface area contributed by atoms with Gasteiger partial charge in [0.2, 0.25) is 11.6 Å². The third kappa shape index (κ3) is 4.88. The molecule has 0 atom stereocenters. The van der Waals surface area contributed by atoms with E-state index in [-0.39, 0.29) is 40.9 Å². The number of nitrogen functional groups attached to an aromatic ring is 1. The summed E-state index contributed by atoms with van der Waals surface area (Å²) in [6, 6.07) is 9.62. The van der Waals surface area contributed by atoms with E-state index in [0.717, 1.165) is 4.68 Å². The molecule has 0 aliphatic heterocycles. The number of aromatic nitrogens is 5. The summed E-state index contributed by atoms with van der Waals surface area (Å²) >= 11 is 5.89. The van der Waals surface area contributed by atoms with Crippen LogP contribution in [-0.2, 0) is 6.61 Å². The number of nitrogens with two attached hydrogens (primary N) is 1. The molecular formula is C19H14ClFN8O4. The molecule has 168 valence electrons. The van der Waals surface area contributed by atoms with E-state index in [2.05, 4.69) is 35.8 Å². The van der Waals surface area contributed by atoms with Crippen LogP contribution in [0.3, 0.4) is 0 Å². The Morgan fingerprint density at radius 2 is 2.09 bits per heavy atom. The van der Waals surface area contributed by atoms with Crippen molar-refractivity contribution in [2.24, 2.45) is 5.10 Å². The number of nitrogens with one attached hydrogen (secondary N) is 1. The fourth-order valence-electron chi connectivity index (χ4n) is 2.64. The monoisotopic (exact) mass is 472 g/mol. The highest BCUT2D eigenvalue weighted by Crippen LogP contribution is 2.20. The number of carbonyl (C=O) groups excluding carboxylic acids is 1. The summed E-state index contributed by atoms with van der Waals surface area (Å²) in [4.78, 5) is 12.7. The molecule has 2 heterocycles. The van der Waals surface area contributed by atoms with E-state index in [1.165, 1.54) is 48.7 Å². The Kier molecular flexibility index (Phi) is 6.13. The van der Waals surface area contributed by atoms with Gasteiger partial charge in [-0.2, -0.15) is 9.78 Å². The van der Waals surface area contributed by atoms with Crippen molar-refractivity contribution in [3.05, 3.63) is 70.3 Å². The zero-order valence-electron chi connectivity index (χ0n) is 16.5. The van der Waals surface area contributed by atoms with Crippen LogP contribution in [-0.4, -0.2) is 42.5 Å². The van der Waals surface area contributed by atoms with Crippen molar-refractivity contribution in [2.45, 2.75) is 6.61 Å². The molecule has 4 N–H and O–H groups in total. The number of hydrogen-bond donors (Lipinski definition) is 3. The molecule has 0 saturated carbocycles. The van der Waals surface area contributed by atoms with E-state index >= 15 is 0 Å². The van der Waals surface area contributed by atoms with Crippen molar-refractivity contribution in [1.82, 2.24) is 30.7 Å². The third-order valence-electron chi connectivity index (χ3n) is 4.22. The summed E-state index contributed by atoms with van der Waals surface area (Å²) < 4.78 is 24.5. The summed E-state index contributed by atoms with van der Waals surface area (Å²) in [7, 11) is 0. The summed E-state index contributed by atoms with van der Waals surface area (Å²) in [5.41, 5.74) is 8.27. The number of nitrogens with zero attached hydrogens (tertiary/aromatic N) is 6. The number of hydrazone groups is 1. The molecule has 14 heteroatoms. The van der Waals surface area contributed by atoms with E-state index in [0.29, 0.717) is 10.8 Å². The fourth-order valence-corrected chi connectivity index (χ4v) is 2.82. The Labute approximate surface area is 189 Å². The number of ether oxygens (including phenoxy) is 1. The van der Waals surface area contributed by atoms with Gasteiger partial charge in [-0.1, -0.05) is 16.8 Å². The second-order valence-electron chi connectivity index (χ2n) is 6.41. The molecule has 2 aromatic carbocycles. The number of phenolic OH excluding ortho intramolecular Hbond substituents is 1. The first-order valence-corrected chi connectivity index (χ1v) is 9.53. The standard InChI is InChI=1S/C19H14ClFN8O4/c20-11-1-6-15(30)10(7-11)8-23-25-19(31)16-14(9-32-13-4-2-12(21)3-5-13)29(28-24-16)18-17(22)26-33-27-18/h1-8,30H,9H2,(H2,22,26)(H,25,31)/b23-8-. The lowest BCUT2D eigenvalue weighted by atomic mass is 10.2. The summed E-state index contributed by atoms with van der Waals surface area (Å²) in [6.45, 7) is -0.216. The van der Waals surface area contributed by atoms with Gasteiger partial charge in [0.1, 0.15) is 29.6 Å². The zero-order valence-corrected chi connectivity index (χ0v) is 17.3. The second kappa shape index (κ2) is 9.32. The summed E-state index contributed by atoms with van der Waals surface area (Å²) in [6.07, 6.45) is 1.21. The number of phenols is 1. The van der Waals surface area contributed by atoms with Gasteiger partial charge in [0.25, 0.3) is 5.91 Å². The maximum atomic E-state index is 13.1. The summed E-state index contributed by atoms with van der Waals surface area (Å²) in [5.74, 6) is -1.02. The lowest BCUT2D eigenvalue weighted by Gasteiger charge is -2.08. The molecule has 0 saturated heterocycles. The number of hydrogen-bond acceptors (Lipinski definition) is 10. The molecule has 12 nitrogen and oxygen atoms in total. The van der Waals surface area contributed by atoms with Crippen LogP contribution in [0.25, 0.3) is 5.82 Å². The van der Waals surface area contributed by atoms with Crippen molar-refractivity contribution in [3.8, 4) is 17.3 Å². The van der Waals surface area contributed by atoms with Gasteiger partial charge in [0.05, 0.1) is 6.21 Å². The predicted molar refractivity (Wildman–Crippen MR) is 113 cm³/mol.